The maximum absolute atomic E-state index is 12.3. The van der Waals surface area contributed by atoms with Crippen molar-refractivity contribution in [2.24, 2.45) is 11.6 Å². The first-order valence-corrected chi connectivity index (χ1v) is 8.98. The van der Waals surface area contributed by atoms with E-state index in [1.54, 1.807) is 23.3 Å². The van der Waals surface area contributed by atoms with Gasteiger partial charge in [-0.05, 0) is 36.9 Å². The molecule has 0 radical (unpaired) electrons. The lowest BCUT2D eigenvalue weighted by Crippen LogP contribution is -2.53. The van der Waals surface area contributed by atoms with Gasteiger partial charge in [-0.2, -0.15) is 0 Å². The second-order valence-corrected chi connectivity index (χ2v) is 8.39. The van der Waals surface area contributed by atoms with E-state index >= 15 is 0 Å². The highest BCUT2D eigenvalue weighted by Gasteiger charge is 2.42. The summed E-state index contributed by atoms with van der Waals surface area (Å²) in [6.07, 6.45) is 3.53. The maximum Gasteiger partial charge on any atom is 0.271 e. The van der Waals surface area contributed by atoms with Crippen LogP contribution in [-0.2, 0) is 4.79 Å². The number of piperazine rings is 1. The van der Waals surface area contributed by atoms with E-state index in [4.69, 9.17) is 23.2 Å². The van der Waals surface area contributed by atoms with Gasteiger partial charge in [0.2, 0.25) is 0 Å². The summed E-state index contributed by atoms with van der Waals surface area (Å²) in [6.45, 7) is 1.39. The quantitative estimate of drug-likeness (QED) is 0.325. The Bertz CT molecular complexity index is 579. The van der Waals surface area contributed by atoms with Crippen molar-refractivity contribution in [3.05, 3.63) is 28.4 Å². The highest BCUT2D eigenvalue weighted by molar-refractivity contribution is 7.99. The number of thiophene rings is 1. The van der Waals surface area contributed by atoms with E-state index in [-0.39, 0.29) is 11.6 Å². The van der Waals surface area contributed by atoms with Crippen molar-refractivity contribution in [3.8, 4) is 0 Å². The molecule has 2 unspecified atom stereocenters. The van der Waals surface area contributed by atoms with Gasteiger partial charge in [0.1, 0.15) is 5.70 Å². The molecule has 1 aromatic rings. The number of amides is 1. The Morgan fingerprint density at radius 1 is 1.41 bits per heavy atom. The molecule has 2 fully saturated rings. The zero-order valence-corrected chi connectivity index (χ0v) is 14.3. The van der Waals surface area contributed by atoms with Crippen LogP contribution in [0.15, 0.2) is 28.2 Å². The fourth-order valence-corrected chi connectivity index (χ4v) is 5.53. The molecule has 9 heteroatoms. The van der Waals surface area contributed by atoms with Crippen LogP contribution < -0.4 is 17.0 Å². The van der Waals surface area contributed by atoms with Gasteiger partial charge in [0.15, 0.2) is 0 Å². The van der Waals surface area contributed by atoms with Gasteiger partial charge in [0, 0.05) is 31.4 Å². The van der Waals surface area contributed by atoms with Crippen molar-refractivity contribution in [1.29, 1.82) is 0 Å². The topological polar surface area (TPSA) is 87.6 Å². The van der Waals surface area contributed by atoms with Gasteiger partial charge in [-0.15, -0.1) is 11.3 Å². The van der Waals surface area contributed by atoms with Crippen molar-refractivity contribution >= 4 is 40.8 Å². The number of carbonyl (C=O) groups excluding carboxylic acids is 1. The molecule has 2 atom stereocenters. The van der Waals surface area contributed by atoms with E-state index in [0.717, 1.165) is 17.2 Å². The summed E-state index contributed by atoms with van der Waals surface area (Å²) in [4.78, 5) is 14.1. The second-order valence-electron chi connectivity index (χ2n) is 5.37. The molecule has 3 rings (SSSR count). The number of nitrogens with zero attached hydrogens (tertiary/aromatic N) is 2. The molecule has 0 aliphatic carbocycles. The number of hydrogen-bond donors (Lipinski definition) is 3. The monoisotopic (exact) mass is 359 g/mol. The normalized spacial score (nSPS) is 25.5. The minimum atomic E-state index is -0.154. The minimum absolute atomic E-state index is 0.146. The van der Waals surface area contributed by atoms with Crippen LogP contribution in [-0.4, -0.2) is 40.3 Å². The van der Waals surface area contributed by atoms with Crippen LogP contribution in [0, 0.1) is 0 Å². The van der Waals surface area contributed by atoms with Crippen LogP contribution in [0.3, 0.4) is 0 Å². The Balaban J connectivity index is 1.66. The number of fused-ring (bicyclic) bond motifs is 2. The average Bonchev–Trinajstić information content (AvgIpc) is 2.99. The summed E-state index contributed by atoms with van der Waals surface area (Å²) in [5.74, 6) is 5.02. The molecule has 1 aromatic heterocycles. The van der Waals surface area contributed by atoms with Gasteiger partial charge in [-0.3, -0.25) is 10.6 Å². The van der Waals surface area contributed by atoms with Crippen molar-refractivity contribution in [3.63, 3.8) is 0 Å². The Labute approximate surface area is 142 Å². The summed E-state index contributed by atoms with van der Waals surface area (Å²) < 4.78 is 4.40. The summed E-state index contributed by atoms with van der Waals surface area (Å²) in [5, 5.41) is 0. The first-order valence-electron chi connectivity index (χ1n) is 7.01. The number of nitrogens with two attached hydrogens (primary N) is 2. The Hall–Kier alpha value is -0.930. The highest BCUT2D eigenvalue weighted by atomic mass is 35.5. The van der Waals surface area contributed by atoms with Crippen LogP contribution >= 0.6 is 34.9 Å². The zero-order chi connectivity index (χ0) is 15.7. The molecular weight excluding hydrogens is 342 g/mol. The molecule has 0 spiro atoms. The number of likely N-dealkylation sites (tertiary alicyclic amines) is 1. The number of halogens is 1. The van der Waals surface area contributed by atoms with Crippen molar-refractivity contribution < 1.29 is 4.79 Å². The van der Waals surface area contributed by atoms with E-state index < -0.39 is 0 Å². The summed E-state index contributed by atoms with van der Waals surface area (Å²) >= 11 is 9.33. The summed E-state index contributed by atoms with van der Waals surface area (Å²) in [7, 11) is 0. The van der Waals surface area contributed by atoms with Gasteiger partial charge in [-0.25, -0.2) is 4.31 Å². The molecule has 120 valence electrons. The number of hydrazine groups is 1. The van der Waals surface area contributed by atoms with E-state index in [1.807, 2.05) is 17.0 Å². The number of hydrogen-bond acceptors (Lipinski definition) is 7. The molecule has 3 heterocycles. The van der Waals surface area contributed by atoms with E-state index in [9.17, 15) is 4.79 Å². The lowest BCUT2D eigenvalue weighted by atomic mass is 10.2. The van der Waals surface area contributed by atoms with Crippen molar-refractivity contribution in [2.75, 3.05) is 13.1 Å². The number of nitrogens with one attached hydrogen (secondary N) is 1. The fraction of sp³-hybridized carbons (Fsp3) is 0.462. The molecule has 6 nitrogen and oxygen atoms in total. The van der Waals surface area contributed by atoms with E-state index in [2.05, 4.69) is 9.73 Å². The molecule has 2 bridgehead atoms. The molecule has 0 saturated carbocycles. The van der Waals surface area contributed by atoms with Crippen LogP contribution in [0.2, 0.25) is 4.34 Å². The lowest BCUT2D eigenvalue weighted by molar-refractivity contribution is -0.129. The molecule has 2 aliphatic rings. The van der Waals surface area contributed by atoms with Crippen LogP contribution in [0.5, 0.6) is 0 Å². The van der Waals surface area contributed by atoms with E-state index in [1.165, 1.54) is 10.4 Å². The van der Waals surface area contributed by atoms with Crippen LogP contribution in [0.25, 0.3) is 0 Å². The van der Waals surface area contributed by atoms with E-state index in [0.29, 0.717) is 25.2 Å². The first kappa shape index (κ1) is 15.9. The van der Waals surface area contributed by atoms with Gasteiger partial charge in [0.05, 0.1) is 8.55 Å². The van der Waals surface area contributed by atoms with Crippen LogP contribution in [0.1, 0.15) is 12.8 Å². The van der Waals surface area contributed by atoms with Gasteiger partial charge >= 0.3 is 0 Å². The molecular formula is C13H18ClN5OS2. The molecule has 22 heavy (non-hydrogen) atoms. The minimum Gasteiger partial charge on any atom is -0.393 e. The fourth-order valence-electron chi connectivity index (χ4n) is 2.96. The van der Waals surface area contributed by atoms with Crippen LogP contribution in [0.4, 0.5) is 0 Å². The number of rotatable bonds is 4. The number of carbonyl (C=O) groups is 1. The van der Waals surface area contributed by atoms with Gasteiger partial charge < -0.3 is 16.1 Å². The molecule has 2 aliphatic heterocycles. The SMILES string of the molecule is NN/C=C(\N)C(=O)N1CC2CCC(C1)N2Sc1ccc(Cl)s1. The Kier molecular flexibility index (Phi) is 4.84. The molecule has 0 aromatic carbocycles. The first-order chi connectivity index (χ1) is 10.6. The third-order valence-electron chi connectivity index (χ3n) is 3.93. The third-order valence-corrected chi connectivity index (χ3v) is 6.55. The van der Waals surface area contributed by atoms with Crippen molar-refractivity contribution in [2.45, 2.75) is 29.1 Å². The smallest absolute Gasteiger partial charge is 0.271 e. The highest BCUT2D eigenvalue weighted by Crippen LogP contribution is 2.41. The molecule has 5 N–H and O–H groups in total. The lowest BCUT2D eigenvalue weighted by Gasteiger charge is -2.39. The average molecular weight is 360 g/mol. The van der Waals surface area contributed by atoms with Crippen molar-refractivity contribution in [1.82, 2.24) is 14.6 Å². The summed E-state index contributed by atoms with van der Waals surface area (Å²) in [5.41, 5.74) is 8.18. The second kappa shape index (κ2) is 6.67. The standard InChI is InChI=1S/C13H18ClN5OS2/c14-11-3-4-12(21-11)22-19-8-1-2-9(19)7-18(6-8)13(20)10(15)5-17-16/h3-5,8-9,17H,1-2,6-7,15-16H2/b10-5-. The van der Waals surface area contributed by atoms with Gasteiger partial charge in [0.25, 0.3) is 5.91 Å². The molecule has 1 amide bonds. The predicted octanol–water partition coefficient (Wildman–Crippen LogP) is 1.35. The third kappa shape index (κ3) is 3.21. The van der Waals surface area contributed by atoms with Gasteiger partial charge in [-0.1, -0.05) is 11.6 Å². The summed E-state index contributed by atoms with van der Waals surface area (Å²) in [6, 6.07) is 4.67. The maximum atomic E-state index is 12.3. The zero-order valence-electron chi connectivity index (χ0n) is 11.9. The predicted molar refractivity (Wildman–Crippen MR) is 90.0 cm³/mol. The Morgan fingerprint density at radius 2 is 2.09 bits per heavy atom. The molecule has 2 saturated heterocycles. The Morgan fingerprint density at radius 3 is 2.64 bits per heavy atom. The largest absolute Gasteiger partial charge is 0.393 e.